The van der Waals surface area contributed by atoms with Gasteiger partial charge in [0.05, 0.1) is 11.4 Å². The largest absolute Gasteiger partial charge is 0.296 e. The van der Waals surface area contributed by atoms with Gasteiger partial charge in [-0.25, -0.2) is 4.98 Å². The molecule has 21 heavy (non-hydrogen) atoms. The van der Waals surface area contributed by atoms with Crippen LogP contribution in [0.4, 0.5) is 0 Å². The average molecular weight is 296 g/mol. The van der Waals surface area contributed by atoms with Gasteiger partial charge in [-0.15, -0.1) is 16.4 Å². The summed E-state index contributed by atoms with van der Waals surface area (Å²) in [6.45, 7) is 0. The summed E-state index contributed by atoms with van der Waals surface area (Å²) in [5.41, 5.74) is 3.33. The van der Waals surface area contributed by atoms with Crippen LogP contribution in [0.25, 0.3) is 16.4 Å². The van der Waals surface area contributed by atoms with E-state index in [2.05, 4.69) is 15.3 Å². The van der Waals surface area contributed by atoms with Crippen LogP contribution in [0.2, 0.25) is 0 Å². The maximum atomic E-state index is 11.1. The lowest BCUT2D eigenvalue weighted by molar-refractivity contribution is 0.111. The number of thiazole rings is 1. The normalized spacial score (nSPS) is 14.3. The van der Waals surface area contributed by atoms with E-state index >= 15 is 0 Å². The smallest absolute Gasteiger partial charge is 0.212 e. The van der Waals surface area contributed by atoms with E-state index in [4.69, 9.17) is 0 Å². The van der Waals surface area contributed by atoms with Crippen LogP contribution < -0.4 is 0 Å². The maximum Gasteiger partial charge on any atom is 0.212 e. The van der Waals surface area contributed by atoms with Gasteiger partial charge in [0.1, 0.15) is 5.69 Å². The molecule has 6 heteroatoms. The van der Waals surface area contributed by atoms with E-state index in [1.807, 2.05) is 35.7 Å². The van der Waals surface area contributed by atoms with E-state index in [9.17, 15) is 4.79 Å². The highest BCUT2D eigenvalue weighted by atomic mass is 32.1. The fraction of sp³-hybridized carbons (Fsp3) is 0.200. The molecule has 0 bridgehead atoms. The summed E-state index contributed by atoms with van der Waals surface area (Å²) in [6, 6.07) is 10.0. The van der Waals surface area contributed by atoms with Gasteiger partial charge in [-0.2, -0.15) is 4.68 Å². The molecule has 0 aliphatic heterocycles. The van der Waals surface area contributed by atoms with E-state index in [0.717, 1.165) is 41.2 Å². The first-order chi connectivity index (χ1) is 10.4. The van der Waals surface area contributed by atoms with Crippen LogP contribution >= 0.6 is 11.3 Å². The Hall–Kier alpha value is -2.34. The summed E-state index contributed by atoms with van der Waals surface area (Å²) in [4.78, 5) is 15.7. The van der Waals surface area contributed by atoms with Crippen LogP contribution in [-0.2, 0) is 0 Å². The van der Waals surface area contributed by atoms with E-state index in [0.29, 0.717) is 11.6 Å². The van der Waals surface area contributed by atoms with E-state index in [1.54, 1.807) is 4.68 Å². The summed E-state index contributed by atoms with van der Waals surface area (Å²) in [5.74, 6) is 0.393. The molecule has 0 spiro atoms. The molecule has 0 amide bonds. The molecule has 2 aromatic heterocycles. The van der Waals surface area contributed by atoms with Crippen molar-refractivity contribution in [3.05, 3.63) is 47.1 Å². The Kier molecular flexibility index (Phi) is 2.89. The van der Waals surface area contributed by atoms with Crippen molar-refractivity contribution in [1.82, 2.24) is 20.0 Å². The minimum atomic E-state index is 0.393. The van der Waals surface area contributed by atoms with Gasteiger partial charge in [0.25, 0.3) is 0 Å². The Balaban J connectivity index is 1.77. The van der Waals surface area contributed by atoms with Crippen molar-refractivity contribution in [3.63, 3.8) is 0 Å². The van der Waals surface area contributed by atoms with Gasteiger partial charge in [0.2, 0.25) is 5.13 Å². The molecule has 1 fully saturated rings. The van der Waals surface area contributed by atoms with Crippen molar-refractivity contribution in [3.8, 4) is 16.4 Å². The van der Waals surface area contributed by atoms with Crippen LogP contribution in [0.5, 0.6) is 0 Å². The second-order valence-electron chi connectivity index (χ2n) is 5.05. The van der Waals surface area contributed by atoms with Crippen molar-refractivity contribution >= 4 is 17.6 Å². The summed E-state index contributed by atoms with van der Waals surface area (Å²) >= 11 is 1.51. The quantitative estimate of drug-likeness (QED) is 0.694. The van der Waals surface area contributed by atoms with Gasteiger partial charge < -0.3 is 0 Å². The number of carbonyl (C=O) groups excluding carboxylic acids is 1. The number of carbonyl (C=O) groups is 1. The molecule has 1 aliphatic rings. The third-order valence-corrected chi connectivity index (χ3v) is 4.37. The highest BCUT2D eigenvalue weighted by Crippen LogP contribution is 2.42. The van der Waals surface area contributed by atoms with Crippen LogP contribution in [0.3, 0.4) is 0 Å². The fourth-order valence-corrected chi connectivity index (χ4v) is 3.16. The first kappa shape index (κ1) is 12.4. The minimum Gasteiger partial charge on any atom is -0.296 e. The third kappa shape index (κ3) is 2.17. The highest BCUT2D eigenvalue weighted by molar-refractivity contribution is 7.12. The van der Waals surface area contributed by atoms with E-state index in [1.165, 1.54) is 11.3 Å². The summed E-state index contributed by atoms with van der Waals surface area (Å²) in [6.07, 6.45) is 2.96. The lowest BCUT2D eigenvalue weighted by atomic mass is 10.2. The number of aldehydes is 1. The third-order valence-electron chi connectivity index (χ3n) is 3.55. The van der Waals surface area contributed by atoms with Gasteiger partial charge in [-0.3, -0.25) is 4.79 Å². The number of aromatic nitrogens is 4. The fourth-order valence-electron chi connectivity index (χ4n) is 2.37. The first-order valence-corrected chi connectivity index (χ1v) is 7.67. The predicted octanol–water partition coefficient (Wildman–Crippen LogP) is 3.08. The van der Waals surface area contributed by atoms with Crippen molar-refractivity contribution in [2.75, 3.05) is 0 Å². The van der Waals surface area contributed by atoms with Crippen LogP contribution in [-0.4, -0.2) is 26.3 Å². The van der Waals surface area contributed by atoms with Gasteiger partial charge in [0.15, 0.2) is 6.29 Å². The molecule has 104 valence electrons. The highest BCUT2D eigenvalue weighted by Gasteiger charge is 2.32. The van der Waals surface area contributed by atoms with E-state index < -0.39 is 0 Å². The van der Waals surface area contributed by atoms with Crippen molar-refractivity contribution in [2.24, 2.45) is 0 Å². The van der Waals surface area contributed by atoms with Crippen molar-refractivity contribution < 1.29 is 4.79 Å². The SMILES string of the molecule is O=Cc1nnn(-c2nc(-c3ccccc3)cs2)c1C1CC1. The standard InChI is InChI=1S/C15H12N4OS/c20-8-12-14(11-6-7-11)19(18-17-12)15-16-13(9-21-15)10-4-2-1-3-5-10/h1-5,8-9,11H,6-7H2. The maximum absolute atomic E-state index is 11.1. The number of hydrogen-bond acceptors (Lipinski definition) is 5. The molecule has 4 rings (SSSR count). The molecule has 1 saturated carbocycles. The molecule has 2 heterocycles. The Labute approximate surface area is 125 Å². The molecule has 1 aliphatic carbocycles. The number of nitrogens with zero attached hydrogens (tertiary/aromatic N) is 4. The van der Waals surface area contributed by atoms with Gasteiger partial charge >= 0.3 is 0 Å². The number of benzene rings is 1. The molecule has 0 N–H and O–H groups in total. The monoisotopic (exact) mass is 296 g/mol. The number of hydrogen-bond donors (Lipinski definition) is 0. The first-order valence-electron chi connectivity index (χ1n) is 6.79. The van der Waals surface area contributed by atoms with Crippen LogP contribution in [0.15, 0.2) is 35.7 Å². The van der Waals surface area contributed by atoms with Gasteiger partial charge in [-0.05, 0) is 12.8 Å². The average Bonchev–Trinajstić information content (AvgIpc) is 3.10. The zero-order chi connectivity index (χ0) is 14.2. The molecule has 1 aromatic carbocycles. The van der Waals surface area contributed by atoms with Gasteiger partial charge in [0, 0.05) is 16.9 Å². The zero-order valence-corrected chi connectivity index (χ0v) is 12.0. The Morgan fingerprint density at radius 2 is 2.05 bits per heavy atom. The second kappa shape index (κ2) is 4.89. The number of rotatable bonds is 4. The summed E-state index contributed by atoms with van der Waals surface area (Å²) < 4.78 is 1.72. The predicted molar refractivity (Wildman–Crippen MR) is 79.8 cm³/mol. The zero-order valence-electron chi connectivity index (χ0n) is 11.1. The molecule has 0 saturated heterocycles. The molecule has 3 aromatic rings. The lowest BCUT2D eigenvalue weighted by Gasteiger charge is -2.01. The van der Waals surface area contributed by atoms with E-state index in [-0.39, 0.29) is 0 Å². The van der Waals surface area contributed by atoms with Crippen LogP contribution in [0.1, 0.15) is 34.9 Å². The molecule has 0 atom stereocenters. The summed E-state index contributed by atoms with van der Waals surface area (Å²) in [7, 11) is 0. The molecule has 0 unspecified atom stereocenters. The molecule has 0 radical (unpaired) electrons. The Morgan fingerprint density at radius 3 is 2.76 bits per heavy atom. The van der Waals surface area contributed by atoms with Crippen molar-refractivity contribution in [2.45, 2.75) is 18.8 Å². The Morgan fingerprint density at radius 1 is 1.24 bits per heavy atom. The lowest BCUT2D eigenvalue weighted by Crippen LogP contribution is -2.02. The van der Waals surface area contributed by atoms with Crippen LogP contribution in [0, 0.1) is 0 Å². The van der Waals surface area contributed by atoms with Gasteiger partial charge in [-0.1, -0.05) is 35.5 Å². The molecular formula is C15H12N4OS. The van der Waals surface area contributed by atoms with Crippen molar-refractivity contribution in [1.29, 1.82) is 0 Å². The molecule has 5 nitrogen and oxygen atoms in total. The molecular weight excluding hydrogens is 284 g/mol. The Bertz CT molecular complexity index is 789. The topological polar surface area (TPSA) is 60.7 Å². The summed E-state index contributed by atoms with van der Waals surface area (Å²) in [5, 5.41) is 10.8. The second-order valence-corrected chi connectivity index (χ2v) is 5.88. The minimum absolute atomic E-state index is 0.393.